The van der Waals surface area contributed by atoms with Gasteiger partial charge in [0.15, 0.2) is 0 Å². The Morgan fingerprint density at radius 2 is 1.53 bits per heavy atom. The average Bonchev–Trinajstić information content (AvgIpc) is 3.49. The Morgan fingerprint density at radius 1 is 0.941 bits per heavy atom. The highest BCUT2D eigenvalue weighted by atomic mass is 32.2. The molecule has 1 aromatic heterocycles. The summed E-state index contributed by atoms with van der Waals surface area (Å²) in [6, 6.07) is 19.7. The van der Waals surface area contributed by atoms with Crippen LogP contribution in [0.1, 0.15) is 28.8 Å². The lowest BCUT2D eigenvalue weighted by atomic mass is 9.79. The third kappa shape index (κ3) is 10.0. The minimum absolute atomic E-state index is 0.0697. The van der Waals surface area contributed by atoms with E-state index in [-0.39, 0.29) is 34.3 Å². The highest BCUT2D eigenvalue weighted by molar-refractivity contribution is 7.89. The Morgan fingerprint density at radius 3 is 2.06 bits per heavy atom. The van der Waals surface area contributed by atoms with Crippen LogP contribution in [0.4, 0.5) is 30.7 Å². The number of aryl methyl sites for hydroxylation is 1. The first kappa shape index (κ1) is 39.9. The number of imidazole rings is 1. The van der Waals surface area contributed by atoms with E-state index in [1.54, 1.807) is 48.9 Å². The van der Waals surface area contributed by atoms with Crippen molar-refractivity contribution in [3.8, 4) is 17.6 Å². The molecule has 0 radical (unpaired) electrons. The van der Waals surface area contributed by atoms with E-state index < -0.39 is 39.9 Å². The van der Waals surface area contributed by atoms with Crippen molar-refractivity contribution in [3.05, 3.63) is 107 Å². The predicted octanol–water partition coefficient (Wildman–Crippen LogP) is 5.05. The number of nitriles is 1. The van der Waals surface area contributed by atoms with E-state index in [4.69, 9.17) is 24.5 Å². The summed E-state index contributed by atoms with van der Waals surface area (Å²) in [5, 5.41) is 27.6. The molecule has 3 aromatic carbocycles. The number of halogens is 7. The minimum atomic E-state index is -5.08. The third-order valence-corrected chi connectivity index (χ3v) is 8.34. The van der Waals surface area contributed by atoms with Gasteiger partial charge in [0.1, 0.15) is 28.9 Å². The van der Waals surface area contributed by atoms with Crippen LogP contribution in [0, 0.1) is 17.1 Å². The Hall–Kier alpha value is -5.52. The van der Waals surface area contributed by atoms with Gasteiger partial charge in [-0.3, -0.25) is 5.32 Å². The molecule has 1 atom stereocenters. The van der Waals surface area contributed by atoms with Gasteiger partial charge in [0.2, 0.25) is 10.0 Å². The molecule has 272 valence electrons. The first-order chi connectivity index (χ1) is 23.7. The van der Waals surface area contributed by atoms with Gasteiger partial charge in [-0.1, -0.05) is 24.3 Å². The maximum absolute atomic E-state index is 14.0. The number of nitrogens with one attached hydrogen (secondary N) is 2. The zero-order valence-corrected chi connectivity index (χ0v) is 26.8. The summed E-state index contributed by atoms with van der Waals surface area (Å²) in [6.07, 6.45) is -6.29. The zero-order valence-electron chi connectivity index (χ0n) is 26.0. The van der Waals surface area contributed by atoms with Gasteiger partial charge in [0.25, 0.3) is 0 Å². The molecular formula is C31H26F7N5O7S. The molecule has 12 nitrogen and oxygen atoms in total. The van der Waals surface area contributed by atoms with Gasteiger partial charge in [-0.15, -0.1) is 0 Å². The number of carbonyl (C=O) groups is 2. The van der Waals surface area contributed by atoms with Gasteiger partial charge in [0, 0.05) is 19.7 Å². The zero-order chi connectivity index (χ0) is 38.2. The van der Waals surface area contributed by atoms with Gasteiger partial charge in [-0.2, -0.15) is 31.6 Å². The summed E-state index contributed by atoms with van der Waals surface area (Å²) in [7, 11) is -1.91. The predicted molar refractivity (Wildman–Crippen MR) is 162 cm³/mol. The number of sulfonamides is 1. The van der Waals surface area contributed by atoms with Crippen molar-refractivity contribution in [1.82, 2.24) is 19.6 Å². The third-order valence-electron chi connectivity index (χ3n) is 6.88. The highest BCUT2D eigenvalue weighted by Gasteiger charge is 2.40. The van der Waals surface area contributed by atoms with Crippen molar-refractivity contribution in [1.29, 1.82) is 5.26 Å². The van der Waals surface area contributed by atoms with Crippen LogP contribution in [0.2, 0.25) is 0 Å². The van der Waals surface area contributed by atoms with Crippen molar-refractivity contribution in [2.24, 2.45) is 7.05 Å². The Kier molecular flexibility index (Phi) is 12.5. The fourth-order valence-corrected chi connectivity index (χ4v) is 5.70. The quantitative estimate of drug-likeness (QED) is 0.203. The number of rotatable bonds is 2. The molecule has 5 rings (SSSR count). The fourth-order valence-electron chi connectivity index (χ4n) is 4.59. The fraction of sp³-hybridized carbons (Fsp3) is 0.226. The van der Waals surface area contributed by atoms with Crippen LogP contribution in [0.3, 0.4) is 0 Å². The molecular weight excluding hydrogens is 719 g/mol. The van der Waals surface area contributed by atoms with Gasteiger partial charge in [-0.25, -0.2) is 32.1 Å². The summed E-state index contributed by atoms with van der Waals surface area (Å²) in [4.78, 5) is 22.2. The molecule has 4 aromatic rings. The van der Waals surface area contributed by atoms with E-state index >= 15 is 0 Å². The van der Waals surface area contributed by atoms with Gasteiger partial charge >= 0.3 is 24.3 Å². The summed E-state index contributed by atoms with van der Waals surface area (Å²) in [6.45, 7) is 0.602. The minimum Gasteiger partial charge on any atom is -0.475 e. The number of carboxylic acid groups (broad SMARTS) is 2. The number of ether oxygens (including phenoxy) is 1. The second-order valence-electron chi connectivity index (χ2n) is 10.3. The number of fused-ring (bicyclic) bond motifs is 4. The number of alkyl halides is 6. The highest BCUT2D eigenvalue weighted by Crippen LogP contribution is 2.40. The number of hydrogen-bond donors (Lipinski definition) is 4. The van der Waals surface area contributed by atoms with E-state index in [0.717, 1.165) is 16.8 Å². The number of aromatic nitrogens is 2. The normalized spacial score (nSPS) is 17.1. The molecule has 0 amide bonds. The molecule has 0 saturated heterocycles. The summed E-state index contributed by atoms with van der Waals surface area (Å²) >= 11 is 0. The SMILES string of the molecule is Cn1cncc1C1(c2ccc(F)cc2)NCCCNS(=O)(=O)c2cccc(c2)Oc2cc1ccc2C#N.O=C(O)C(F)(F)F.O=C(O)C(F)(F)F. The number of nitrogens with zero attached hydrogens (tertiary/aromatic N) is 3. The maximum atomic E-state index is 14.0. The lowest BCUT2D eigenvalue weighted by Crippen LogP contribution is -2.47. The van der Waals surface area contributed by atoms with Crippen LogP contribution in [0.25, 0.3) is 0 Å². The molecule has 4 bridgehead atoms. The van der Waals surface area contributed by atoms with Gasteiger partial charge in [-0.05, 0) is 60.5 Å². The lowest BCUT2D eigenvalue weighted by molar-refractivity contribution is -0.193. The van der Waals surface area contributed by atoms with Crippen molar-refractivity contribution in [2.45, 2.75) is 29.2 Å². The first-order valence-corrected chi connectivity index (χ1v) is 15.6. The maximum Gasteiger partial charge on any atom is 0.490 e. The van der Waals surface area contributed by atoms with E-state index in [1.807, 2.05) is 17.7 Å². The van der Waals surface area contributed by atoms with E-state index in [9.17, 15) is 44.4 Å². The molecule has 4 N–H and O–H groups in total. The topological polar surface area (TPSA) is 184 Å². The second kappa shape index (κ2) is 16.0. The van der Waals surface area contributed by atoms with E-state index in [0.29, 0.717) is 13.0 Å². The first-order valence-electron chi connectivity index (χ1n) is 14.1. The van der Waals surface area contributed by atoms with Crippen LogP contribution in [-0.4, -0.2) is 65.6 Å². The molecule has 2 heterocycles. The number of hydrogen-bond acceptors (Lipinski definition) is 8. The largest absolute Gasteiger partial charge is 0.490 e. The van der Waals surface area contributed by atoms with Crippen molar-refractivity contribution < 1.29 is 63.7 Å². The molecule has 1 aliphatic rings. The summed E-state index contributed by atoms with van der Waals surface area (Å²) in [5.41, 5.74) is 1.51. The van der Waals surface area contributed by atoms with Crippen molar-refractivity contribution in [3.63, 3.8) is 0 Å². The van der Waals surface area contributed by atoms with Crippen LogP contribution in [-0.2, 0) is 32.2 Å². The van der Waals surface area contributed by atoms with Crippen molar-refractivity contribution >= 4 is 22.0 Å². The standard InChI is InChI=1S/C27H24FN5O3S.2C2HF3O2/c1-33-18-30-17-26(33)27(20-8-10-22(28)11-9-20)21-7-6-19(16-29)25(14-21)36-23-4-2-5-24(15-23)37(34,35)32-13-3-12-31-27;2*3-2(4,5)1(6)7/h2,4-11,14-15,17-18,31-32H,3,12-13H2,1H3;2*(H,6,7). The van der Waals surface area contributed by atoms with Gasteiger partial charge < -0.3 is 19.5 Å². The van der Waals surface area contributed by atoms with E-state index in [1.165, 1.54) is 24.3 Å². The summed E-state index contributed by atoms with van der Waals surface area (Å²) in [5.74, 6) is -5.35. The Bertz CT molecular complexity index is 1990. The number of benzene rings is 3. The van der Waals surface area contributed by atoms with Gasteiger partial charge in [0.05, 0.1) is 28.7 Å². The summed E-state index contributed by atoms with van der Waals surface area (Å²) < 4.78 is 114. The van der Waals surface area contributed by atoms with Crippen molar-refractivity contribution in [2.75, 3.05) is 13.1 Å². The molecule has 0 spiro atoms. The molecule has 0 fully saturated rings. The average molecular weight is 746 g/mol. The van der Waals surface area contributed by atoms with Crippen LogP contribution >= 0.6 is 0 Å². The number of aliphatic carboxylic acids is 2. The lowest BCUT2D eigenvalue weighted by Gasteiger charge is -2.37. The van der Waals surface area contributed by atoms with Crippen LogP contribution < -0.4 is 14.8 Å². The van der Waals surface area contributed by atoms with Crippen LogP contribution in [0.15, 0.2) is 84.1 Å². The molecule has 0 aliphatic carbocycles. The molecule has 1 aliphatic heterocycles. The molecule has 51 heavy (non-hydrogen) atoms. The molecule has 0 saturated carbocycles. The van der Waals surface area contributed by atoms with E-state index in [2.05, 4.69) is 21.1 Å². The molecule has 1 unspecified atom stereocenters. The Balaban J connectivity index is 0.000000424. The smallest absolute Gasteiger partial charge is 0.475 e. The Labute approximate surface area is 284 Å². The second-order valence-corrected chi connectivity index (χ2v) is 12.1. The molecule has 20 heteroatoms. The number of carboxylic acids is 2. The van der Waals surface area contributed by atoms with Crippen LogP contribution in [0.5, 0.6) is 11.5 Å². The monoisotopic (exact) mass is 745 g/mol.